The van der Waals surface area contributed by atoms with Crippen LogP contribution in [0.5, 0.6) is 0 Å². The minimum Gasteiger partial charge on any atom is -0.381 e. The Morgan fingerprint density at radius 2 is 1.86 bits per heavy atom. The lowest BCUT2D eigenvalue weighted by Gasteiger charge is -2.09. The number of rotatable bonds is 4. The number of imidazole rings is 1. The summed E-state index contributed by atoms with van der Waals surface area (Å²) in [5.74, 6) is 0.582. The zero-order valence-corrected chi connectivity index (χ0v) is 12.8. The van der Waals surface area contributed by atoms with E-state index in [1.54, 1.807) is 0 Å². The number of benzene rings is 2. The van der Waals surface area contributed by atoms with Crippen LogP contribution in [0.2, 0.25) is 0 Å². The van der Waals surface area contributed by atoms with Crippen LogP contribution in [0.25, 0.3) is 11.0 Å². The van der Waals surface area contributed by atoms with Crippen molar-refractivity contribution in [2.24, 2.45) is 7.05 Å². The number of hydrogen-bond donors (Lipinski definition) is 1. The van der Waals surface area contributed by atoms with E-state index in [4.69, 9.17) is 0 Å². The molecule has 1 N–H and O–H groups in total. The molecule has 0 saturated carbocycles. The summed E-state index contributed by atoms with van der Waals surface area (Å²) >= 11 is 0. The maximum atomic E-state index is 4.39. The molecule has 0 atom stereocenters. The van der Waals surface area contributed by atoms with Crippen LogP contribution in [0.1, 0.15) is 30.9 Å². The van der Waals surface area contributed by atoms with Crippen molar-refractivity contribution in [2.45, 2.75) is 26.3 Å². The SMILES string of the molecule is CC(C)c1ccc(CNc2ccc3c(c2)ncn3C)cc1. The summed E-state index contributed by atoms with van der Waals surface area (Å²) in [4.78, 5) is 4.39. The van der Waals surface area contributed by atoms with Gasteiger partial charge in [-0.2, -0.15) is 0 Å². The fourth-order valence-corrected chi connectivity index (χ4v) is 2.47. The Kier molecular flexibility index (Phi) is 3.65. The Labute approximate surface area is 125 Å². The minimum atomic E-state index is 0.582. The Morgan fingerprint density at radius 1 is 1.10 bits per heavy atom. The van der Waals surface area contributed by atoms with E-state index in [1.165, 1.54) is 11.1 Å². The number of nitrogens with zero attached hydrogens (tertiary/aromatic N) is 2. The molecule has 1 aromatic heterocycles. The normalized spacial score (nSPS) is 11.2. The van der Waals surface area contributed by atoms with E-state index in [9.17, 15) is 0 Å². The van der Waals surface area contributed by atoms with Crippen molar-refractivity contribution in [3.8, 4) is 0 Å². The maximum absolute atomic E-state index is 4.39. The van der Waals surface area contributed by atoms with Crippen molar-refractivity contribution < 1.29 is 0 Å². The van der Waals surface area contributed by atoms with Crippen molar-refractivity contribution in [2.75, 3.05) is 5.32 Å². The predicted molar refractivity (Wildman–Crippen MR) is 88.6 cm³/mol. The number of aryl methyl sites for hydroxylation is 1. The molecule has 3 heteroatoms. The molecule has 0 aliphatic rings. The molecule has 3 nitrogen and oxygen atoms in total. The summed E-state index contributed by atoms with van der Waals surface area (Å²) in [6.07, 6.45) is 1.85. The van der Waals surface area contributed by atoms with E-state index in [2.05, 4.69) is 66.6 Å². The highest BCUT2D eigenvalue weighted by molar-refractivity contribution is 5.79. The molecule has 0 radical (unpaired) electrons. The number of nitrogens with one attached hydrogen (secondary N) is 1. The van der Waals surface area contributed by atoms with Crippen LogP contribution in [0, 0.1) is 0 Å². The smallest absolute Gasteiger partial charge is 0.0955 e. The molecule has 0 fully saturated rings. The summed E-state index contributed by atoms with van der Waals surface area (Å²) in [6.45, 7) is 5.27. The maximum Gasteiger partial charge on any atom is 0.0955 e. The third-order valence-electron chi connectivity index (χ3n) is 3.87. The van der Waals surface area contributed by atoms with Gasteiger partial charge in [-0.3, -0.25) is 0 Å². The first-order valence-electron chi connectivity index (χ1n) is 7.37. The van der Waals surface area contributed by atoms with Crippen molar-refractivity contribution >= 4 is 16.7 Å². The zero-order valence-electron chi connectivity index (χ0n) is 12.8. The minimum absolute atomic E-state index is 0.582. The Bertz CT molecular complexity index is 739. The highest BCUT2D eigenvalue weighted by Crippen LogP contribution is 2.19. The van der Waals surface area contributed by atoms with Gasteiger partial charge in [-0.25, -0.2) is 4.98 Å². The van der Waals surface area contributed by atoms with E-state index in [-0.39, 0.29) is 0 Å². The van der Waals surface area contributed by atoms with Crippen molar-refractivity contribution in [1.82, 2.24) is 9.55 Å². The van der Waals surface area contributed by atoms with Crippen LogP contribution >= 0.6 is 0 Å². The van der Waals surface area contributed by atoms with Gasteiger partial charge in [0.1, 0.15) is 0 Å². The first-order valence-corrected chi connectivity index (χ1v) is 7.37. The fraction of sp³-hybridized carbons (Fsp3) is 0.278. The number of aromatic nitrogens is 2. The second-order valence-electron chi connectivity index (χ2n) is 5.81. The lowest BCUT2D eigenvalue weighted by atomic mass is 10.0. The molecule has 0 unspecified atom stereocenters. The average molecular weight is 279 g/mol. The molecular formula is C18H21N3. The van der Waals surface area contributed by atoms with Crippen LogP contribution in [-0.4, -0.2) is 9.55 Å². The van der Waals surface area contributed by atoms with Crippen LogP contribution < -0.4 is 5.32 Å². The summed E-state index contributed by atoms with van der Waals surface area (Å²) in [7, 11) is 2.01. The van der Waals surface area contributed by atoms with Crippen LogP contribution in [0.4, 0.5) is 5.69 Å². The van der Waals surface area contributed by atoms with E-state index in [0.717, 1.165) is 23.3 Å². The number of fused-ring (bicyclic) bond motifs is 1. The molecule has 0 aliphatic heterocycles. The van der Waals surface area contributed by atoms with Crippen LogP contribution in [0.15, 0.2) is 48.8 Å². The highest BCUT2D eigenvalue weighted by atomic mass is 15.0. The van der Waals surface area contributed by atoms with Gasteiger partial charge < -0.3 is 9.88 Å². The van der Waals surface area contributed by atoms with Crippen molar-refractivity contribution in [3.05, 3.63) is 59.9 Å². The zero-order chi connectivity index (χ0) is 14.8. The summed E-state index contributed by atoms with van der Waals surface area (Å²) in [5, 5.41) is 3.46. The van der Waals surface area contributed by atoms with Crippen LogP contribution in [-0.2, 0) is 13.6 Å². The van der Waals surface area contributed by atoms with Gasteiger partial charge in [-0.05, 0) is 35.2 Å². The third-order valence-corrected chi connectivity index (χ3v) is 3.87. The van der Waals surface area contributed by atoms with Gasteiger partial charge in [-0.1, -0.05) is 38.1 Å². The second kappa shape index (κ2) is 5.60. The molecule has 0 amide bonds. The van der Waals surface area contributed by atoms with E-state index in [0.29, 0.717) is 5.92 Å². The highest BCUT2D eigenvalue weighted by Gasteiger charge is 2.02. The van der Waals surface area contributed by atoms with Crippen molar-refractivity contribution in [1.29, 1.82) is 0 Å². The van der Waals surface area contributed by atoms with Gasteiger partial charge in [0.2, 0.25) is 0 Å². The topological polar surface area (TPSA) is 29.9 Å². The molecular weight excluding hydrogens is 258 g/mol. The van der Waals surface area contributed by atoms with Gasteiger partial charge in [0, 0.05) is 19.3 Å². The lowest BCUT2D eigenvalue weighted by Crippen LogP contribution is -1.99. The molecule has 3 rings (SSSR count). The van der Waals surface area contributed by atoms with Gasteiger partial charge in [-0.15, -0.1) is 0 Å². The predicted octanol–water partition coefficient (Wildman–Crippen LogP) is 4.31. The number of anilines is 1. The molecule has 21 heavy (non-hydrogen) atoms. The third kappa shape index (κ3) is 2.92. The Hall–Kier alpha value is -2.29. The summed E-state index contributed by atoms with van der Waals surface area (Å²) in [6, 6.07) is 15.1. The standard InChI is InChI=1S/C18H21N3/c1-13(2)15-6-4-14(5-7-15)11-19-16-8-9-18-17(10-16)20-12-21(18)3/h4-10,12-13,19H,11H2,1-3H3. The van der Waals surface area contributed by atoms with Crippen molar-refractivity contribution in [3.63, 3.8) is 0 Å². The lowest BCUT2D eigenvalue weighted by molar-refractivity contribution is 0.865. The van der Waals surface area contributed by atoms with Gasteiger partial charge in [0.25, 0.3) is 0 Å². The Morgan fingerprint density at radius 3 is 2.57 bits per heavy atom. The van der Waals surface area contributed by atoms with Crippen LogP contribution in [0.3, 0.4) is 0 Å². The number of hydrogen-bond acceptors (Lipinski definition) is 2. The molecule has 2 aromatic carbocycles. The molecule has 108 valence electrons. The summed E-state index contributed by atoms with van der Waals surface area (Å²) < 4.78 is 2.03. The largest absolute Gasteiger partial charge is 0.381 e. The Balaban J connectivity index is 1.70. The quantitative estimate of drug-likeness (QED) is 0.771. The monoisotopic (exact) mass is 279 g/mol. The van der Waals surface area contributed by atoms with Gasteiger partial charge >= 0.3 is 0 Å². The molecule has 0 saturated heterocycles. The van der Waals surface area contributed by atoms with Gasteiger partial charge in [0.15, 0.2) is 0 Å². The first kappa shape index (κ1) is 13.7. The molecule has 0 spiro atoms. The first-order chi connectivity index (χ1) is 10.1. The fourth-order valence-electron chi connectivity index (χ4n) is 2.47. The second-order valence-corrected chi connectivity index (χ2v) is 5.81. The van der Waals surface area contributed by atoms with E-state index >= 15 is 0 Å². The molecule has 1 heterocycles. The average Bonchev–Trinajstić information content (AvgIpc) is 2.86. The molecule has 3 aromatic rings. The van der Waals surface area contributed by atoms with Gasteiger partial charge in [0.05, 0.1) is 17.4 Å². The molecule has 0 aliphatic carbocycles. The molecule has 0 bridgehead atoms. The van der Waals surface area contributed by atoms with E-state index < -0.39 is 0 Å². The van der Waals surface area contributed by atoms with E-state index in [1.807, 2.05) is 17.9 Å². The summed E-state index contributed by atoms with van der Waals surface area (Å²) in [5.41, 5.74) is 5.96.